The van der Waals surface area contributed by atoms with E-state index in [2.05, 4.69) is 4.79 Å². The lowest BCUT2D eigenvalue weighted by atomic mass is 10.00. The van der Waals surface area contributed by atoms with E-state index in [1.54, 1.807) is 60.7 Å². The lowest BCUT2D eigenvalue weighted by molar-refractivity contribution is -0.00699. The van der Waals surface area contributed by atoms with Crippen LogP contribution < -0.4 is 0 Å². The molecule has 0 fully saturated rings. The molecule has 4 heteroatoms. The molecule has 0 radical (unpaired) electrons. The summed E-state index contributed by atoms with van der Waals surface area (Å²) in [5.41, 5.74) is 9.06. The van der Waals surface area contributed by atoms with Crippen molar-refractivity contribution >= 4 is 17.3 Å². The highest BCUT2D eigenvalue weighted by molar-refractivity contribution is 6.70. The minimum atomic E-state index is -0.600. The summed E-state index contributed by atoms with van der Waals surface area (Å²) in [5, 5.41) is 0. The Balaban J connectivity index is 2.35. The number of hydrogen-bond donors (Lipinski definition) is 0. The Morgan fingerprint density at radius 2 is 1.11 bits per heavy atom. The molecule has 19 heavy (non-hydrogen) atoms. The highest BCUT2D eigenvalue weighted by atomic mass is 16.2. The van der Waals surface area contributed by atoms with E-state index in [-0.39, 0.29) is 0 Å². The van der Waals surface area contributed by atoms with Gasteiger partial charge in [0.25, 0.3) is 11.6 Å². The Morgan fingerprint density at radius 1 is 0.737 bits per heavy atom. The Morgan fingerprint density at radius 3 is 1.42 bits per heavy atom. The molecule has 0 bridgehead atoms. The lowest BCUT2D eigenvalue weighted by Gasteiger charge is -1.97. The standard InChI is InChI=1S/C15H10N2O2/c16-17-13(14(18)11-7-3-1-4-8-11)15(19)12-9-5-2-6-10-12/h1-10H. The molecule has 0 aliphatic rings. The Kier molecular flexibility index (Phi) is 3.76. The number of nitrogens with zero attached hydrogens (tertiary/aromatic N) is 2. The summed E-state index contributed by atoms with van der Waals surface area (Å²) < 4.78 is 0. The molecule has 4 nitrogen and oxygen atoms in total. The normalized spacial score (nSPS) is 9.47. The molecule has 0 aliphatic heterocycles. The summed E-state index contributed by atoms with van der Waals surface area (Å²) in [6, 6.07) is 16.5. The van der Waals surface area contributed by atoms with Gasteiger partial charge in [-0.15, -0.1) is 0 Å². The molecule has 2 rings (SSSR count). The monoisotopic (exact) mass is 250 g/mol. The van der Waals surface area contributed by atoms with Gasteiger partial charge in [0.1, 0.15) is 0 Å². The summed E-state index contributed by atoms with van der Waals surface area (Å²) >= 11 is 0. The smallest absolute Gasteiger partial charge is 0.360 e. The van der Waals surface area contributed by atoms with Gasteiger partial charge in [0, 0.05) is 11.1 Å². The van der Waals surface area contributed by atoms with Gasteiger partial charge in [-0.05, 0) is 0 Å². The maximum atomic E-state index is 12.1. The van der Waals surface area contributed by atoms with E-state index in [4.69, 9.17) is 5.53 Å². The molecule has 0 amide bonds. The van der Waals surface area contributed by atoms with Crippen molar-refractivity contribution in [3.05, 3.63) is 77.3 Å². The van der Waals surface area contributed by atoms with Crippen LogP contribution in [0.4, 0.5) is 0 Å². The second-order valence-electron chi connectivity index (χ2n) is 3.84. The van der Waals surface area contributed by atoms with Gasteiger partial charge in [0.05, 0.1) is 0 Å². The minimum absolute atomic E-state index is 0.305. The van der Waals surface area contributed by atoms with Crippen molar-refractivity contribution in [2.45, 2.75) is 0 Å². The third-order valence-electron chi connectivity index (χ3n) is 2.60. The van der Waals surface area contributed by atoms with Gasteiger partial charge in [-0.3, -0.25) is 9.59 Å². The number of benzene rings is 2. The zero-order valence-corrected chi connectivity index (χ0v) is 9.98. The molecule has 0 unspecified atom stereocenters. The molecule has 0 N–H and O–H groups in total. The number of ketones is 2. The Labute approximate surface area is 109 Å². The Bertz CT molecular complexity index is 604. The first-order chi connectivity index (χ1) is 9.24. The highest BCUT2D eigenvalue weighted by Crippen LogP contribution is 2.06. The van der Waals surface area contributed by atoms with Gasteiger partial charge in [-0.2, -0.15) is 4.79 Å². The molecule has 0 atom stereocenters. The summed E-state index contributed by atoms with van der Waals surface area (Å²) in [6.07, 6.45) is 0. The van der Waals surface area contributed by atoms with E-state index < -0.39 is 17.3 Å². The topological polar surface area (TPSA) is 70.5 Å². The van der Waals surface area contributed by atoms with Crippen LogP contribution in [0.25, 0.3) is 5.53 Å². The van der Waals surface area contributed by atoms with E-state index >= 15 is 0 Å². The van der Waals surface area contributed by atoms with Gasteiger partial charge in [0.15, 0.2) is 0 Å². The average molecular weight is 250 g/mol. The molecule has 0 spiro atoms. The molecule has 0 saturated carbocycles. The van der Waals surface area contributed by atoms with Gasteiger partial charge < -0.3 is 5.53 Å². The van der Waals surface area contributed by atoms with Crippen LogP contribution in [0.5, 0.6) is 0 Å². The number of Topliss-reactive ketones (excluding diaryl/α,β-unsaturated/α-hetero) is 2. The number of carbonyl (C=O) groups is 2. The van der Waals surface area contributed by atoms with Crippen molar-refractivity contribution in [1.29, 1.82) is 0 Å². The maximum Gasteiger partial charge on any atom is 0.409 e. The van der Waals surface area contributed by atoms with Crippen LogP contribution in [-0.2, 0) is 0 Å². The first-order valence-corrected chi connectivity index (χ1v) is 5.65. The molecule has 0 saturated heterocycles. The first kappa shape index (κ1) is 12.6. The van der Waals surface area contributed by atoms with Crippen LogP contribution in [-0.4, -0.2) is 22.1 Å². The van der Waals surface area contributed by atoms with Crippen LogP contribution in [0.15, 0.2) is 60.7 Å². The molecule has 92 valence electrons. The Hall–Kier alpha value is -2.84. The maximum absolute atomic E-state index is 12.1. The largest absolute Gasteiger partial charge is 0.409 e. The van der Waals surface area contributed by atoms with Gasteiger partial charge in [-0.25, -0.2) is 0 Å². The summed E-state index contributed by atoms with van der Waals surface area (Å²) in [6.45, 7) is 0. The fourth-order valence-corrected chi connectivity index (χ4v) is 1.65. The predicted octanol–water partition coefficient (Wildman–Crippen LogP) is 2.42. The fraction of sp³-hybridized carbons (Fsp3) is 0. The molecule has 2 aromatic carbocycles. The number of rotatable bonds is 4. The zero-order valence-electron chi connectivity index (χ0n) is 9.98. The summed E-state index contributed by atoms with van der Waals surface area (Å²) in [7, 11) is 0. The predicted molar refractivity (Wildman–Crippen MR) is 70.2 cm³/mol. The summed E-state index contributed by atoms with van der Waals surface area (Å²) in [5.74, 6) is -1.20. The summed E-state index contributed by atoms with van der Waals surface area (Å²) in [4.78, 5) is 27.0. The lowest BCUT2D eigenvalue weighted by Crippen LogP contribution is -2.25. The highest BCUT2D eigenvalue weighted by Gasteiger charge is 2.31. The van der Waals surface area contributed by atoms with E-state index in [1.165, 1.54) is 0 Å². The third-order valence-corrected chi connectivity index (χ3v) is 2.60. The second-order valence-corrected chi connectivity index (χ2v) is 3.84. The van der Waals surface area contributed by atoms with Gasteiger partial charge in [0.2, 0.25) is 0 Å². The third kappa shape index (κ3) is 2.70. The van der Waals surface area contributed by atoms with Crippen molar-refractivity contribution in [2.24, 2.45) is 0 Å². The van der Waals surface area contributed by atoms with Crippen LogP contribution in [0.2, 0.25) is 0 Å². The average Bonchev–Trinajstić information content (AvgIpc) is 2.49. The van der Waals surface area contributed by atoms with Crippen LogP contribution in [0, 0.1) is 0 Å². The van der Waals surface area contributed by atoms with Crippen molar-refractivity contribution in [2.75, 3.05) is 0 Å². The van der Waals surface area contributed by atoms with Crippen molar-refractivity contribution < 1.29 is 14.4 Å². The first-order valence-electron chi connectivity index (χ1n) is 5.65. The van der Waals surface area contributed by atoms with Gasteiger partial charge >= 0.3 is 5.71 Å². The van der Waals surface area contributed by atoms with Crippen LogP contribution in [0.3, 0.4) is 0 Å². The van der Waals surface area contributed by atoms with E-state index in [0.29, 0.717) is 11.1 Å². The molecule has 0 aliphatic carbocycles. The van der Waals surface area contributed by atoms with Crippen molar-refractivity contribution in [3.8, 4) is 0 Å². The molecule has 0 heterocycles. The van der Waals surface area contributed by atoms with E-state index in [0.717, 1.165) is 0 Å². The van der Waals surface area contributed by atoms with E-state index in [1.807, 2.05) is 0 Å². The van der Waals surface area contributed by atoms with Gasteiger partial charge in [-0.1, -0.05) is 60.7 Å². The van der Waals surface area contributed by atoms with Crippen molar-refractivity contribution in [1.82, 2.24) is 0 Å². The second kappa shape index (κ2) is 5.67. The quantitative estimate of drug-likeness (QED) is 0.275. The molecular formula is C15H10N2O2. The molecular weight excluding hydrogens is 240 g/mol. The number of carbonyl (C=O) groups excluding carboxylic acids is 2. The fourth-order valence-electron chi connectivity index (χ4n) is 1.65. The van der Waals surface area contributed by atoms with Crippen LogP contribution >= 0.6 is 0 Å². The van der Waals surface area contributed by atoms with Crippen LogP contribution in [0.1, 0.15) is 20.7 Å². The molecule has 0 aromatic heterocycles. The zero-order chi connectivity index (χ0) is 13.7. The minimum Gasteiger partial charge on any atom is -0.360 e. The molecule has 2 aromatic rings. The number of hydrogen-bond acceptors (Lipinski definition) is 2. The van der Waals surface area contributed by atoms with E-state index in [9.17, 15) is 9.59 Å². The SMILES string of the molecule is [N-]=[N+]=C(C(=O)c1ccccc1)C(=O)c1ccccc1. The van der Waals surface area contributed by atoms with Crippen molar-refractivity contribution in [3.63, 3.8) is 0 Å².